The van der Waals surface area contributed by atoms with E-state index in [1.165, 1.54) is 6.33 Å². The van der Waals surface area contributed by atoms with Crippen molar-refractivity contribution in [1.82, 2.24) is 19.5 Å². The summed E-state index contributed by atoms with van der Waals surface area (Å²) in [6, 6.07) is 21.9. The minimum absolute atomic E-state index is 0.0884. The highest BCUT2D eigenvalue weighted by Gasteiger charge is 2.40. The van der Waals surface area contributed by atoms with Crippen LogP contribution in [0.25, 0.3) is 11.0 Å². The third-order valence-corrected chi connectivity index (χ3v) is 13.4. The predicted octanol–water partition coefficient (Wildman–Crippen LogP) is 8.37. The lowest BCUT2D eigenvalue weighted by Crippen LogP contribution is -2.46. The molecule has 1 atom stereocenters. The first-order valence-electron chi connectivity index (χ1n) is 15.1. The van der Waals surface area contributed by atoms with Crippen LogP contribution < -0.4 is 0 Å². The minimum Gasteiger partial charge on any atom is -0.414 e. The van der Waals surface area contributed by atoms with E-state index in [4.69, 9.17) is 9.42 Å². The van der Waals surface area contributed by atoms with E-state index in [-0.39, 0.29) is 10.8 Å². The van der Waals surface area contributed by atoms with Crippen LogP contribution in [0.5, 0.6) is 0 Å². The highest BCUT2D eigenvalue weighted by molar-refractivity contribution is 6.74. The quantitative estimate of drug-likeness (QED) is 0.0910. The van der Waals surface area contributed by atoms with Gasteiger partial charge < -0.3 is 8.99 Å². The van der Waals surface area contributed by atoms with E-state index in [9.17, 15) is 4.79 Å². The molecule has 1 unspecified atom stereocenters. The number of hydrogen-bond acceptors (Lipinski definition) is 6. The van der Waals surface area contributed by atoms with E-state index in [0.29, 0.717) is 34.5 Å². The summed E-state index contributed by atoms with van der Waals surface area (Å²) in [4.78, 5) is 32.4. The Morgan fingerprint density at radius 3 is 2.11 bits per heavy atom. The molecule has 0 spiro atoms. The van der Waals surface area contributed by atoms with Gasteiger partial charge >= 0.3 is 0 Å². The number of hydrogen-bond donors (Lipinski definition) is 0. The number of ketones is 1. The number of nitrogens with zero attached hydrogens (tertiary/aromatic N) is 5. The maximum atomic E-state index is 14.1. The fourth-order valence-corrected chi connectivity index (χ4v) is 5.94. The van der Waals surface area contributed by atoms with E-state index in [2.05, 4.69) is 67.2 Å². The van der Waals surface area contributed by atoms with E-state index < -0.39 is 13.9 Å². The fourth-order valence-electron chi connectivity index (χ4n) is 4.84. The topological polar surface area (TPSA) is 82.3 Å². The Bertz CT molecular complexity index is 1750. The summed E-state index contributed by atoms with van der Waals surface area (Å²) in [6.45, 7) is 16.1. The zero-order valence-electron chi connectivity index (χ0n) is 26.7. The normalized spacial score (nSPS) is 13.4. The summed E-state index contributed by atoms with van der Waals surface area (Å²) in [7, 11) is -2.00. The van der Waals surface area contributed by atoms with Crippen molar-refractivity contribution in [1.29, 1.82) is 0 Å². The summed E-state index contributed by atoms with van der Waals surface area (Å²) < 4.78 is 8.80. The minimum atomic E-state index is -2.00. The Kier molecular flexibility index (Phi) is 8.77. The molecule has 8 heteroatoms. The van der Waals surface area contributed by atoms with Gasteiger partial charge in [0.15, 0.2) is 14.1 Å². The largest absolute Gasteiger partial charge is 0.414 e. The molecule has 0 amide bonds. The number of pyridine rings is 1. The molecule has 0 aliphatic heterocycles. The van der Waals surface area contributed by atoms with Crippen molar-refractivity contribution in [3.8, 4) is 0 Å². The Morgan fingerprint density at radius 2 is 1.52 bits per heavy atom. The standard InChI is InChI=1S/C36H41N5O2Si/c1-8-36(5,24-43-44(6,7)35(2,3)4)41-23-31(30-22-38-25-39-34(30)41)33(42)28-19-29(21-37-20-28)40-32(26-15-11-9-12-16-26)27-17-13-10-14-18-27/h9-23,25H,8,24H2,1-7H3. The Balaban J connectivity index is 1.54. The molecule has 5 aromatic rings. The second kappa shape index (κ2) is 12.4. The summed E-state index contributed by atoms with van der Waals surface area (Å²) in [5.74, 6) is -0.155. The third kappa shape index (κ3) is 6.32. The molecule has 0 fully saturated rings. The average molecular weight is 604 g/mol. The van der Waals surface area contributed by atoms with Crippen molar-refractivity contribution in [3.05, 3.63) is 120 Å². The molecule has 0 saturated carbocycles. The monoisotopic (exact) mass is 603 g/mol. The van der Waals surface area contributed by atoms with Gasteiger partial charge in [0.2, 0.25) is 0 Å². The lowest BCUT2D eigenvalue weighted by atomic mass is 10.00. The number of aromatic nitrogens is 4. The Morgan fingerprint density at radius 1 is 0.886 bits per heavy atom. The molecule has 0 bridgehead atoms. The fraction of sp³-hybridized carbons (Fsp3) is 0.306. The van der Waals surface area contributed by atoms with Crippen molar-refractivity contribution < 1.29 is 9.22 Å². The first-order chi connectivity index (χ1) is 20.9. The zero-order valence-corrected chi connectivity index (χ0v) is 27.7. The summed E-state index contributed by atoms with van der Waals surface area (Å²) >= 11 is 0. The smallest absolute Gasteiger partial charge is 0.196 e. The van der Waals surface area contributed by atoms with Gasteiger partial charge in [-0.2, -0.15) is 0 Å². The van der Waals surface area contributed by atoms with Crippen LogP contribution >= 0.6 is 0 Å². The lowest BCUT2D eigenvalue weighted by Gasteiger charge is -2.40. The van der Waals surface area contributed by atoms with Gasteiger partial charge in [-0.25, -0.2) is 15.0 Å². The van der Waals surface area contributed by atoms with Crippen LogP contribution in [0.3, 0.4) is 0 Å². The van der Waals surface area contributed by atoms with Gasteiger partial charge in [0, 0.05) is 40.7 Å². The van der Waals surface area contributed by atoms with Crippen molar-refractivity contribution in [3.63, 3.8) is 0 Å². The SMILES string of the molecule is CCC(C)(CO[Si](C)(C)C(C)(C)C)n1cc(C(=O)c2cncc(N=C(c3ccccc3)c3ccccc3)c2)c2cncnc21. The van der Waals surface area contributed by atoms with Crippen molar-refractivity contribution in [2.24, 2.45) is 4.99 Å². The molecule has 3 aromatic heterocycles. The number of fused-ring (bicyclic) bond motifs is 1. The van der Waals surface area contributed by atoms with Gasteiger partial charge in [0.25, 0.3) is 0 Å². The molecule has 0 aliphatic carbocycles. The second-order valence-electron chi connectivity index (χ2n) is 13.0. The number of aliphatic imine (C=N–C) groups is 1. The van der Waals surface area contributed by atoms with E-state index in [0.717, 1.165) is 23.3 Å². The summed E-state index contributed by atoms with van der Waals surface area (Å²) in [5.41, 5.74) is 4.65. The highest BCUT2D eigenvalue weighted by Crippen LogP contribution is 2.39. The molecule has 7 nitrogen and oxygen atoms in total. The number of benzene rings is 2. The van der Waals surface area contributed by atoms with Crippen molar-refractivity contribution >= 4 is 36.5 Å². The second-order valence-corrected chi connectivity index (χ2v) is 17.8. The zero-order chi connectivity index (χ0) is 31.5. The average Bonchev–Trinajstić information content (AvgIpc) is 3.43. The van der Waals surface area contributed by atoms with Crippen molar-refractivity contribution in [2.75, 3.05) is 6.61 Å². The Hall–Kier alpha value is -4.27. The maximum absolute atomic E-state index is 14.1. The van der Waals surface area contributed by atoms with E-state index in [1.54, 1.807) is 24.7 Å². The van der Waals surface area contributed by atoms with Gasteiger partial charge in [-0.3, -0.25) is 9.78 Å². The van der Waals surface area contributed by atoms with Crippen LogP contribution in [0.15, 0.2) is 103 Å². The van der Waals surface area contributed by atoms with E-state index in [1.807, 2.05) is 66.9 Å². The van der Waals surface area contributed by atoms with Gasteiger partial charge in [0.1, 0.15) is 12.0 Å². The Labute approximate surface area is 261 Å². The lowest BCUT2D eigenvalue weighted by molar-refractivity contribution is 0.103. The van der Waals surface area contributed by atoms with Gasteiger partial charge in [-0.15, -0.1) is 0 Å². The molecule has 0 radical (unpaired) electrons. The number of rotatable bonds is 10. The highest BCUT2D eigenvalue weighted by atomic mass is 28.4. The summed E-state index contributed by atoms with van der Waals surface area (Å²) in [5, 5.41) is 0.790. The maximum Gasteiger partial charge on any atom is 0.196 e. The van der Waals surface area contributed by atoms with Crippen molar-refractivity contribution in [2.45, 2.75) is 64.7 Å². The first-order valence-corrected chi connectivity index (χ1v) is 18.0. The van der Waals surface area contributed by atoms with Crippen LogP contribution in [0.4, 0.5) is 5.69 Å². The molecule has 3 heterocycles. The van der Waals surface area contributed by atoms with Gasteiger partial charge in [-0.05, 0) is 37.5 Å². The third-order valence-electron chi connectivity index (χ3n) is 8.93. The molecule has 226 valence electrons. The van der Waals surface area contributed by atoms with Crippen LogP contribution in [-0.2, 0) is 9.96 Å². The molecule has 2 aromatic carbocycles. The van der Waals surface area contributed by atoms with Gasteiger partial charge in [0.05, 0.1) is 35.3 Å². The molecular weight excluding hydrogens is 563 g/mol. The molecule has 5 rings (SSSR count). The number of carbonyl (C=O) groups excluding carboxylic acids is 1. The molecule has 0 N–H and O–H groups in total. The molecular formula is C36H41N5O2Si. The first kappa shape index (κ1) is 31.2. The predicted molar refractivity (Wildman–Crippen MR) is 180 cm³/mol. The summed E-state index contributed by atoms with van der Waals surface area (Å²) in [6.07, 6.45) is 9.24. The molecule has 44 heavy (non-hydrogen) atoms. The van der Waals surface area contributed by atoms with Crippen LogP contribution in [0.1, 0.15) is 68.1 Å². The van der Waals surface area contributed by atoms with Gasteiger partial charge in [-0.1, -0.05) is 88.4 Å². The van der Waals surface area contributed by atoms with Crippen LogP contribution in [0, 0.1) is 0 Å². The van der Waals surface area contributed by atoms with E-state index >= 15 is 0 Å². The molecule has 0 saturated heterocycles. The number of carbonyl (C=O) groups is 1. The van der Waals surface area contributed by atoms with Crippen LogP contribution in [0.2, 0.25) is 18.1 Å². The molecule has 0 aliphatic rings. The van der Waals surface area contributed by atoms with Crippen LogP contribution in [-0.4, -0.2) is 45.9 Å².